The Morgan fingerprint density at radius 3 is 2.19 bits per heavy atom. The molecule has 1 spiro atoms. The van der Waals surface area contributed by atoms with E-state index in [1.807, 2.05) is 0 Å². The molecule has 2 aliphatic rings. The van der Waals surface area contributed by atoms with Crippen molar-refractivity contribution in [1.82, 2.24) is 5.32 Å². The smallest absolute Gasteiger partial charge is 0.0366 e. The van der Waals surface area contributed by atoms with Crippen molar-refractivity contribution in [3.63, 3.8) is 0 Å². The second-order valence-corrected chi connectivity index (χ2v) is 5.43. The quantitative estimate of drug-likeness (QED) is 0.774. The number of anilines is 1. The molecule has 1 aromatic carbocycles. The van der Waals surface area contributed by atoms with E-state index in [9.17, 15) is 0 Å². The summed E-state index contributed by atoms with van der Waals surface area (Å²) in [6.07, 6.45) is 2.71. The number of piperidine rings is 1. The van der Waals surface area contributed by atoms with Crippen molar-refractivity contribution in [2.45, 2.75) is 19.8 Å². The fourth-order valence-corrected chi connectivity index (χ4v) is 2.83. The highest BCUT2D eigenvalue weighted by Gasteiger charge is 2.39. The Morgan fingerprint density at radius 1 is 1.06 bits per heavy atom. The third-order valence-corrected chi connectivity index (χ3v) is 4.22. The van der Waals surface area contributed by atoms with E-state index in [2.05, 4.69) is 41.4 Å². The Balaban J connectivity index is 1.67. The lowest BCUT2D eigenvalue weighted by Crippen LogP contribution is -2.58. The molecule has 0 amide bonds. The van der Waals surface area contributed by atoms with Crippen molar-refractivity contribution in [3.05, 3.63) is 29.8 Å². The van der Waals surface area contributed by atoms with Gasteiger partial charge in [-0.05, 0) is 37.3 Å². The maximum atomic E-state index is 3.42. The third kappa shape index (κ3) is 1.71. The molecule has 0 radical (unpaired) electrons. The number of rotatable bonds is 1. The molecule has 2 saturated heterocycles. The molecule has 0 saturated carbocycles. The Kier molecular flexibility index (Phi) is 2.40. The zero-order valence-corrected chi connectivity index (χ0v) is 10.00. The lowest BCUT2D eigenvalue weighted by atomic mass is 9.73. The summed E-state index contributed by atoms with van der Waals surface area (Å²) in [5.74, 6) is 0. The van der Waals surface area contributed by atoms with Gasteiger partial charge in [-0.2, -0.15) is 0 Å². The van der Waals surface area contributed by atoms with Crippen molar-refractivity contribution >= 4 is 5.69 Å². The van der Waals surface area contributed by atoms with Crippen LogP contribution in [0.15, 0.2) is 24.3 Å². The lowest BCUT2D eigenvalue weighted by Gasteiger charge is -2.49. The largest absolute Gasteiger partial charge is 0.371 e. The first-order chi connectivity index (χ1) is 7.77. The van der Waals surface area contributed by atoms with Crippen LogP contribution in [0.4, 0.5) is 5.69 Å². The number of nitrogens with one attached hydrogen (secondary N) is 1. The van der Waals surface area contributed by atoms with Crippen LogP contribution in [0.25, 0.3) is 0 Å². The second kappa shape index (κ2) is 3.77. The Bertz CT molecular complexity index is 355. The fourth-order valence-electron chi connectivity index (χ4n) is 2.83. The van der Waals surface area contributed by atoms with Crippen LogP contribution >= 0.6 is 0 Å². The average molecular weight is 216 g/mol. The summed E-state index contributed by atoms with van der Waals surface area (Å²) in [4.78, 5) is 2.53. The van der Waals surface area contributed by atoms with Crippen molar-refractivity contribution < 1.29 is 0 Å². The Morgan fingerprint density at radius 2 is 1.69 bits per heavy atom. The second-order valence-electron chi connectivity index (χ2n) is 5.43. The van der Waals surface area contributed by atoms with Crippen molar-refractivity contribution in [3.8, 4) is 0 Å². The minimum atomic E-state index is 0.654. The van der Waals surface area contributed by atoms with Crippen molar-refractivity contribution in [2.75, 3.05) is 31.1 Å². The molecule has 1 N–H and O–H groups in total. The molecule has 2 aliphatic heterocycles. The van der Waals surface area contributed by atoms with Crippen molar-refractivity contribution in [1.29, 1.82) is 0 Å². The highest BCUT2D eigenvalue weighted by atomic mass is 15.1. The van der Waals surface area contributed by atoms with Crippen molar-refractivity contribution in [2.24, 2.45) is 5.41 Å². The molecule has 86 valence electrons. The van der Waals surface area contributed by atoms with E-state index in [0.29, 0.717) is 5.41 Å². The van der Waals surface area contributed by atoms with Gasteiger partial charge in [-0.15, -0.1) is 0 Å². The minimum absolute atomic E-state index is 0.654. The van der Waals surface area contributed by atoms with Crippen LogP contribution < -0.4 is 10.2 Å². The summed E-state index contributed by atoms with van der Waals surface area (Å²) < 4.78 is 0. The summed E-state index contributed by atoms with van der Waals surface area (Å²) in [6, 6.07) is 8.94. The van der Waals surface area contributed by atoms with Gasteiger partial charge >= 0.3 is 0 Å². The van der Waals surface area contributed by atoms with Gasteiger partial charge in [0.25, 0.3) is 0 Å². The van der Waals surface area contributed by atoms with Gasteiger partial charge in [-0.3, -0.25) is 0 Å². The maximum absolute atomic E-state index is 3.42. The molecule has 3 rings (SSSR count). The molecule has 0 aromatic heterocycles. The summed E-state index contributed by atoms with van der Waals surface area (Å²) in [6.45, 7) is 7.09. The third-order valence-electron chi connectivity index (χ3n) is 4.22. The number of hydrogen-bond donors (Lipinski definition) is 1. The normalized spacial score (nSPS) is 23.2. The summed E-state index contributed by atoms with van der Waals surface area (Å²) in [5.41, 5.74) is 3.40. The summed E-state index contributed by atoms with van der Waals surface area (Å²) in [5, 5.41) is 3.42. The molecular weight excluding hydrogens is 196 g/mol. The van der Waals surface area contributed by atoms with Crippen LogP contribution in [0, 0.1) is 12.3 Å². The van der Waals surface area contributed by atoms with Crippen LogP contribution in [0.1, 0.15) is 18.4 Å². The number of hydrogen-bond acceptors (Lipinski definition) is 2. The van der Waals surface area contributed by atoms with E-state index in [0.717, 1.165) is 0 Å². The van der Waals surface area contributed by atoms with Gasteiger partial charge in [0.05, 0.1) is 0 Å². The predicted molar refractivity (Wildman–Crippen MR) is 67.9 cm³/mol. The van der Waals surface area contributed by atoms with Crippen LogP contribution in [0.5, 0.6) is 0 Å². The topological polar surface area (TPSA) is 15.3 Å². The van der Waals surface area contributed by atoms with Gasteiger partial charge in [0.2, 0.25) is 0 Å². The summed E-state index contributed by atoms with van der Waals surface area (Å²) in [7, 11) is 0. The summed E-state index contributed by atoms with van der Waals surface area (Å²) >= 11 is 0. The van der Waals surface area contributed by atoms with Gasteiger partial charge < -0.3 is 10.2 Å². The highest BCUT2D eigenvalue weighted by Crippen LogP contribution is 2.36. The Labute approximate surface area is 97.6 Å². The number of aryl methyl sites for hydroxylation is 1. The highest BCUT2D eigenvalue weighted by molar-refractivity contribution is 5.48. The van der Waals surface area contributed by atoms with Crippen LogP contribution in [0.2, 0.25) is 0 Å². The van der Waals surface area contributed by atoms with Crippen LogP contribution in [0.3, 0.4) is 0 Å². The van der Waals surface area contributed by atoms with E-state index < -0.39 is 0 Å². The van der Waals surface area contributed by atoms with Gasteiger partial charge in [0.15, 0.2) is 0 Å². The van der Waals surface area contributed by atoms with E-state index in [-0.39, 0.29) is 0 Å². The molecule has 0 unspecified atom stereocenters. The average Bonchev–Trinajstić information content (AvgIpc) is 2.28. The molecule has 0 aliphatic carbocycles. The standard InChI is InChI=1S/C14H20N2/c1-12-2-4-13(5-3-12)16-8-6-14(7-9-16)10-15-11-14/h2-5,15H,6-11H2,1H3. The molecule has 0 atom stereocenters. The zero-order valence-electron chi connectivity index (χ0n) is 10.00. The molecular formula is C14H20N2. The lowest BCUT2D eigenvalue weighted by molar-refractivity contribution is 0.126. The molecule has 2 nitrogen and oxygen atoms in total. The van der Waals surface area contributed by atoms with E-state index in [1.54, 1.807) is 0 Å². The molecule has 0 bridgehead atoms. The Hall–Kier alpha value is -1.02. The van der Waals surface area contributed by atoms with Gasteiger partial charge in [-0.1, -0.05) is 17.7 Å². The van der Waals surface area contributed by atoms with E-state index in [4.69, 9.17) is 0 Å². The maximum Gasteiger partial charge on any atom is 0.0366 e. The van der Waals surface area contributed by atoms with E-state index in [1.165, 1.54) is 50.3 Å². The molecule has 2 heteroatoms. The van der Waals surface area contributed by atoms with E-state index >= 15 is 0 Å². The predicted octanol–water partition coefficient (Wildman–Crippen LogP) is 2.18. The number of benzene rings is 1. The minimum Gasteiger partial charge on any atom is -0.371 e. The van der Waals surface area contributed by atoms with Crippen LogP contribution in [-0.4, -0.2) is 26.2 Å². The molecule has 1 aromatic rings. The molecule has 2 fully saturated rings. The molecule has 2 heterocycles. The zero-order chi connectivity index (χ0) is 11.0. The van der Waals surface area contributed by atoms with Crippen LogP contribution in [-0.2, 0) is 0 Å². The van der Waals surface area contributed by atoms with Gasteiger partial charge in [-0.25, -0.2) is 0 Å². The SMILES string of the molecule is Cc1ccc(N2CCC3(CC2)CNC3)cc1. The first kappa shape index (κ1) is 10.2. The van der Waals surface area contributed by atoms with Gasteiger partial charge in [0.1, 0.15) is 0 Å². The first-order valence-electron chi connectivity index (χ1n) is 6.30. The fraction of sp³-hybridized carbons (Fsp3) is 0.571. The molecule has 16 heavy (non-hydrogen) atoms. The first-order valence-corrected chi connectivity index (χ1v) is 6.30. The number of nitrogens with zero attached hydrogens (tertiary/aromatic N) is 1. The van der Waals surface area contributed by atoms with Gasteiger partial charge in [0, 0.05) is 31.9 Å². The monoisotopic (exact) mass is 216 g/mol.